The lowest BCUT2D eigenvalue weighted by molar-refractivity contribution is 0.529. The van der Waals surface area contributed by atoms with Crippen LogP contribution in [0.2, 0.25) is 0 Å². The minimum Gasteiger partial charge on any atom is -0.361 e. The highest BCUT2D eigenvalue weighted by molar-refractivity contribution is 5.87. The summed E-state index contributed by atoms with van der Waals surface area (Å²) in [7, 11) is 0. The molecule has 0 saturated heterocycles. The van der Waals surface area contributed by atoms with Crippen LogP contribution in [0.3, 0.4) is 0 Å². The van der Waals surface area contributed by atoms with E-state index in [0.29, 0.717) is 6.04 Å². The number of hydrogen-bond acceptors (Lipinski definition) is 1. The van der Waals surface area contributed by atoms with Crippen molar-refractivity contribution < 1.29 is 0 Å². The number of rotatable bonds is 3. The maximum Gasteiger partial charge on any atom is 0.0459 e. The highest BCUT2D eigenvalue weighted by Crippen LogP contribution is 2.29. The SMILES string of the molecule is C=CCNC1Cc2cccc3[nH]cc(c23)C1. The normalized spacial score (nSPS) is 18.9. The molecule has 1 unspecified atom stereocenters. The van der Waals surface area contributed by atoms with Crippen molar-refractivity contribution in [3.05, 3.63) is 48.2 Å². The second-order valence-corrected chi connectivity index (χ2v) is 4.46. The zero-order valence-corrected chi connectivity index (χ0v) is 9.29. The molecule has 0 amide bonds. The van der Waals surface area contributed by atoms with Crippen LogP contribution in [-0.2, 0) is 12.8 Å². The maximum atomic E-state index is 3.75. The Balaban J connectivity index is 1.96. The van der Waals surface area contributed by atoms with Crippen LogP contribution < -0.4 is 5.32 Å². The number of nitrogens with one attached hydrogen (secondary N) is 2. The summed E-state index contributed by atoms with van der Waals surface area (Å²) in [6, 6.07) is 7.07. The molecule has 1 heterocycles. The molecule has 1 aliphatic rings. The van der Waals surface area contributed by atoms with Crippen molar-refractivity contribution >= 4 is 10.9 Å². The van der Waals surface area contributed by atoms with Gasteiger partial charge in [0.25, 0.3) is 0 Å². The molecule has 1 atom stereocenters. The minimum atomic E-state index is 0.548. The molecule has 0 fully saturated rings. The lowest BCUT2D eigenvalue weighted by Crippen LogP contribution is -2.35. The van der Waals surface area contributed by atoms with Crippen molar-refractivity contribution in [1.82, 2.24) is 10.3 Å². The first kappa shape index (κ1) is 9.67. The molecule has 2 N–H and O–H groups in total. The van der Waals surface area contributed by atoms with Gasteiger partial charge in [0.2, 0.25) is 0 Å². The molecule has 2 aromatic rings. The van der Waals surface area contributed by atoms with E-state index in [1.165, 1.54) is 22.0 Å². The summed E-state index contributed by atoms with van der Waals surface area (Å²) in [5.41, 5.74) is 4.18. The first-order valence-corrected chi connectivity index (χ1v) is 5.80. The smallest absolute Gasteiger partial charge is 0.0459 e. The van der Waals surface area contributed by atoms with E-state index in [1.54, 1.807) is 0 Å². The van der Waals surface area contributed by atoms with Crippen LogP contribution in [0.15, 0.2) is 37.1 Å². The summed E-state index contributed by atoms with van der Waals surface area (Å²) in [6.07, 6.45) is 6.31. The number of aromatic amines is 1. The fourth-order valence-electron chi connectivity index (χ4n) is 2.67. The molecular formula is C14H16N2. The third-order valence-electron chi connectivity index (χ3n) is 3.36. The molecule has 3 rings (SSSR count). The van der Waals surface area contributed by atoms with Gasteiger partial charge in [0, 0.05) is 29.7 Å². The van der Waals surface area contributed by atoms with E-state index in [0.717, 1.165) is 19.4 Å². The highest BCUT2D eigenvalue weighted by atomic mass is 14.9. The molecule has 0 spiro atoms. The minimum absolute atomic E-state index is 0.548. The van der Waals surface area contributed by atoms with Gasteiger partial charge in [-0.1, -0.05) is 18.2 Å². The van der Waals surface area contributed by atoms with Gasteiger partial charge in [-0.2, -0.15) is 0 Å². The highest BCUT2D eigenvalue weighted by Gasteiger charge is 2.20. The zero-order valence-electron chi connectivity index (χ0n) is 9.29. The topological polar surface area (TPSA) is 27.8 Å². The quantitative estimate of drug-likeness (QED) is 0.751. The average molecular weight is 212 g/mol. The molecule has 16 heavy (non-hydrogen) atoms. The lowest BCUT2D eigenvalue weighted by atomic mass is 9.89. The van der Waals surface area contributed by atoms with E-state index in [9.17, 15) is 0 Å². The summed E-state index contributed by atoms with van der Waals surface area (Å²) in [5, 5.41) is 4.96. The maximum absolute atomic E-state index is 3.75. The number of hydrogen-bond donors (Lipinski definition) is 2. The first-order chi connectivity index (χ1) is 7.88. The molecule has 0 saturated carbocycles. The van der Waals surface area contributed by atoms with Crippen LogP contribution in [0.25, 0.3) is 10.9 Å². The molecule has 82 valence electrons. The van der Waals surface area contributed by atoms with E-state index < -0.39 is 0 Å². The van der Waals surface area contributed by atoms with Gasteiger partial charge in [0.1, 0.15) is 0 Å². The van der Waals surface area contributed by atoms with E-state index in [1.807, 2.05) is 6.08 Å². The van der Waals surface area contributed by atoms with Gasteiger partial charge in [-0.25, -0.2) is 0 Å². The fraction of sp³-hybridized carbons (Fsp3) is 0.286. The Morgan fingerprint density at radius 2 is 2.25 bits per heavy atom. The monoisotopic (exact) mass is 212 g/mol. The molecule has 0 radical (unpaired) electrons. The largest absolute Gasteiger partial charge is 0.361 e. The van der Waals surface area contributed by atoms with Crippen LogP contribution in [-0.4, -0.2) is 17.6 Å². The Labute approximate surface area is 95.4 Å². The standard InChI is InChI=1S/C14H16N2/c1-2-6-15-12-7-10-4-3-5-13-14(10)11(8-12)9-16-13/h2-5,9,12,15-16H,1,6-8H2. The van der Waals surface area contributed by atoms with Crippen molar-refractivity contribution in [2.24, 2.45) is 0 Å². The van der Waals surface area contributed by atoms with Crippen molar-refractivity contribution in [1.29, 1.82) is 0 Å². The molecular weight excluding hydrogens is 196 g/mol. The number of benzene rings is 1. The second kappa shape index (κ2) is 3.80. The van der Waals surface area contributed by atoms with Crippen LogP contribution in [0.5, 0.6) is 0 Å². The Morgan fingerprint density at radius 3 is 3.12 bits per heavy atom. The molecule has 0 bridgehead atoms. The van der Waals surface area contributed by atoms with Gasteiger partial charge in [0.15, 0.2) is 0 Å². The third kappa shape index (κ3) is 1.46. The number of aromatic nitrogens is 1. The molecule has 0 aliphatic heterocycles. The predicted octanol–water partition coefficient (Wildman–Crippen LogP) is 2.41. The van der Waals surface area contributed by atoms with E-state index in [4.69, 9.17) is 0 Å². The van der Waals surface area contributed by atoms with Crippen LogP contribution in [0.4, 0.5) is 0 Å². The third-order valence-corrected chi connectivity index (χ3v) is 3.36. The van der Waals surface area contributed by atoms with Gasteiger partial charge < -0.3 is 10.3 Å². The van der Waals surface area contributed by atoms with Gasteiger partial charge in [-0.15, -0.1) is 6.58 Å². The second-order valence-electron chi connectivity index (χ2n) is 4.46. The summed E-state index contributed by atoms with van der Waals surface area (Å²) in [4.78, 5) is 3.35. The van der Waals surface area contributed by atoms with Crippen LogP contribution >= 0.6 is 0 Å². The summed E-state index contributed by atoms with van der Waals surface area (Å²) in [5.74, 6) is 0. The van der Waals surface area contributed by atoms with Crippen molar-refractivity contribution in [3.63, 3.8) is 0 Å². The summed E-state index contributed by atoms with van der Waals surface area (Å²) >= 11 is 0. The molecule has 1 aromatic carbocycles. The van der Waals surface area contributed by atoms with Gasteiger partial charge >= 0.3 is 0 Å². The summed E-state index contributed by atoms with van der Waals surface area (Å²) < 4.78 is 0. The van der Waals surface area contributed by atoms with Crippen LogP contribution in [0, 0.1) is 0 Å². The number of H-pyrrole nitrogens is 1. The van der Waals surface area contributed by atoms with Gasteiger partial charge in [-0.05, 0) is 30.0 Å². The Hall–Kier alpha value is -1.54. The van der Waals surface area contributed by atoms with Crippen molar-refractivity contribution in [3.8, 4) is 0 Å². The molecule has 2 heteroatoms. The Bertz CT molecular complexity index is 525. The average Bonchev–Trinajstić information content (AvgIpc) is 2.72. The van der Waals surface area contributed by atoms with E-state index in [-0.39, 0.29) is 0 Å². The van der Waals surface area contributed by atoms with Gasteiger partial charge in [0.05, 0.1) is 0 Å². The van der Waals surface area contributed by atoms with Crippen molar-refractivity contribution in [2.75, 3.05) is 6.54 Å². The van der Waals surface area contributed by atoms with E-state index in [2.05, 4.69) is 41.3 Å². The molecule has 2 nitrogen and oxygen atoms in total. The van der Waals surface area contributed by atoms with E-state index >= 15 is 0 Å². The Kier molecular flexibility index (Phi) is 2.29. The molecule has 1 aromatic heterocycles. The fourth-order valence-corrected chi connectivity index (χ4v) is 2.67. The molecule has 1 aliphatic carbocycles. The first-order valence-electron chi connectivity index (χ1n) is 5.80. The van der Waals surface area contributed by atoms with Crippen molar-refractivity contribution in [2.45, 2.75) is 18.9 Å². The lowest BCUT2D eigenvalue weighted by Gasteiger charge is -2.23. The summed E-state index contributed by atoms with van der Waals surface area (Å²) in [6.45, 7) is 4.64. The predicted molar refractivity (Wildman–Crippen MR) is 67.7 cm³/mol. The Morgan fingerprint density at radius 1 is 1.38 bits per heavy atom. The zero-order chi connectivity index (χ0) is 11.0. The van der Waals surface area contributed by atoms with Gasteiger partial charge in [-0.3, -0.25) is 0 Å². The van der Waals surface area contributed by atoms with Crippen LogP contribution in [0.1, 0.15) is 11.1 Å².